The lowest BCUT2D eigenvalue weighted by Crippen LogP contribution is -2.23. The minimum Gasteiger partial charge on any atom is -0.481 e. The third-order valence-electron chi connectivity index (χ3n) is 3.62. The topological polar surface area (TPSA) is 76.2 Å². The van der Waals surface area contributed by atoms with Crippen LogP contribution in [-0.2, 0) is 4.79 Å². The van der Waals surface area contributed by atoms with Crippen LogP contribution in [0.3, 0.4) is 0 Å². The smallest absolute Gasteiger partial charge is 0.307 e. The molecule has 2 atom stereocenters. The van der Waals surface area contributed by atoms with E-state index in [1.165, 1.54) is 0 Å². The van der Waals surface area contributed by atoms with Crippen molar-refractivity contribution >= 4 is 21.9 Å². The second-order valence-electron chi connectivity index (χ2n) is 4.93. The van der Waals surface area contributed by atoms with Gasteiger partial charge in [0.2, 0.25) is 11.7 Å². The number of aliphatic carboxylic acids is 1. The fourth-order valence-corrected chi connectivity index (χ4v) is 2.96. The molecule has 0 radical (unpaired) electrons. The zero-order valence-corrected chi connectivity index (χ0v) is 12.7. The number of halogens is 1. The Morgan fingerprint density at radius 2 is 2.05 bits per heavy atom. The number of carboxylic acid groups (broad SMARTS) is 1. The fraction of sp³-hybridized carbons (Fsp3) is 0.267. The van der Waals surface area contributed by atoms with Crippen LogP contribution < -0.4 is 0 Å². The van der Waals surface area contributed by atoms with Gasteiger partial charge in [-0.25, -0.2) is 0 Å². The number of rotatable bonds is 3. The van der Waals surface area contributed by atoms with Gasteiger partial charge in [-0.3, -0.25) is 4.79 Å². The fourth-order valence-electron chi connectivity index (χ4n) is 2.50. The highest BCUT2D eigenvalue weighted by Gasteiger charge is 2.34. The van der Waals surface area contributed by atoms with E-state index in [0.717, 1.165) is 10.0 Å². The van der Waals surface area contributed by atoms with Crippen LogP contribution in [0.2, 0.25) is 0 Å². The van der Waals surface area contributed by atoms with E-state index in [-0.39, 0.29) is 5.92 Å². The predicted octanol–water partition coefficient (Wildman–Crippen LogP) is 3.63. The molecular weight excluding hydrogens is 336 g/mol. The molecule has 1 heterocycles. The van der Waals surface area contributed by atoms with E-state index >= 15 is 0 Å². The number of carboxylic acids is 1. The van der Waals surface area contributed by atoms with Gasteiger partial charge in [0.05, 0.1) is 11.8 Å². The molecule has 0 aliphatic heterocycles. The molecule has 108 valence electrons. The van der Waals surface area contributed by atoms with Gasteiger partial charge in [0.1, 0.15) is 0 Å². The van der Waals surface area contributed by atoms with Crippen LogP contribution in [0.15, 0.2) is 45.4 Å². The van der Waals surface area contributed by atoms with Gasteiger partial charge in [-0.2, -0.15) is 4.98 Å². The van der Waals surface area contributed by atoms with Crippen molar-refractivity contribution in [3.05, 3.63) is 46.8 Å². The van der Waals surface area contributed by atoms with Gasteiger partial charge in [-0.05, 0) is 25.0 Å². The first kappa shape index (κ1) is 14.0. The van der Waals surface area contributed by atoms with Crippen LogP contribution in [0.4, 0.5) is 0 Å². The molecule has 3 rings (SSSR count). The monoisotopic (exact) mass is 348 g/mol. The molecule has 5 nitrogen and oxygen atoms in total. The van der Waals surface area contributed by atoms with E-state index in [1.807, 2.05) is 36.4 Å². The van der Waals surface area contributed by atoms with Crippen LogP contribution >= 0.6 is 15.9 Å². The van der Waals surface area contributed by atoms with Gasteiger partial charge in [-0.1, -0.05) is 45.4 Å². The molecule has 0 fully saturated rings. The number of aromatic nitrogens is 2. The van der Waals surface area contributed by atoms with Crippen molar-refractivity contribution < 1.29 is 14.4 Å². The third kappa shape index (κ3) is 2.76. The van der Waals surface area contributed by atoms with Crippen molar-refractivity contribution in [2.24, 2.45) is 5.92 Å². The van der Waals surface area contributed by atoms with Gasteiger partial charge in [-0.15, -0.1) is 0 Å². The Bertz CT molecular complexity index is 696. The van der Waals surface area contributed by atoms with E-state index in [1.54, 1.807) is 0 Å². The first-order chi connectivity index (χ1) is 10.2. The van der Waals surface area contributed by atoms with Crippen molar-refractivity contribution in [2.75, 3.05) is 0 Å². The third-order valence-corrected chi connectivity index (χ3v) is 4.31. The Hall–Kier alpha value is -1.95. The number of hydrogen-bond acceptors (Lipinski definition) is 4. The number of hydrogen-bond donors (Lipinski definition) is 1. The van der Waals surface area contributed by atoms with Crippen LogP contribution in [0, 0.1) is 5.92 Å². The average Bonchev–Trinajstić information content (AvgIpc) is 2.97. The van der Waals surface area contributed by atoms with Crippen molar-refractivity contribution in [2.45, 2.75) is 18.8 Å². The number of allylic oxidation sites excluding steroid dienone is 2. The molecule has 1 aliphatic carbocycles. The summed E-state index contributed by atoms with van der Waals surface area (Å²) < 4.78 is 6.19. The SMILES string of the molecule is O=C(O)C1CC=CCC1c1nc(-c2ccccc2Br)no1. The van der Waals surface area contributed by atoms with Crippen LogP contribution in [0.5, 0.6) is 0 Å². The largest absolute Gasteiger partial charge is 0.481 e. The Balaban J connectivity index is 1.93. The van der Waals surface area contributed by atoms with Crippen LogP contribution in [0.25, 0.3) is 11.4 Å². The second kappa shape index (κ2) is 5.81. The molecular formula is C15H13BrN2O3. The number of nitrogens with zero attached hydrogens (tertiary/aromatic N) is 2. The van der Waals surface area contributed by atoms with E-state index in [9.17, 15) is 9.90 Å². The lowest BCUT2D eigenvalue weighted by molar-refractivity contribution is -0.142. The molecule has 0 bridgehead atoms. The molecule has 2 unspecified atom stereocenters. The Kier molecular flexibility index (Phi) is 3.88. The Morgan fingerprint density at radius 1 is 1.29 bits per heavy atom. The van der Waals surface area contributed by atoms with Gasteiger partial charge in [0.25, 0.3) is 0 Å². The van der Waals surface area contributed by atoms with Crippen LogP contribution in [-0.4, -0.2) is 21.2 Å². The minimum absolute atomic E-state index is 0.267. The Morgan fingerprint density at radius 3 is 2.81 bits per heavy atom. The maximum Gasteiger partial charge on any atom is 0.307 e. The summed E-state index contributed by atoms with van der Waals surface area (Å²) in [6, 6.07) is 7.57. The van der Waals surface area contributed by atoms with Gasteiger partial charge in [0.15, 0.2) is 0 Å². The minimum atomic E-state index is -0.829. The molecule has 1 aromatic carbocycles. The summed E-state index contributed by atoms with van der Waals surface area (Å²) in [6.45, 7) is 0. The predicted molar refractivity (Wildman–Crippen MR) is 79.7 cm³/mol. The molecule has 0 saturated heterocycles. The highest BCUT2D eigenvalue weighted by molar-refractivity contribution is 9.10. The lowest BCUT2D eigenvalue weighted by atomic mass is 9.83. The zero-order valence-electron chi connectivity index (χ0n) is 11.1. The number of benzene rings is 1. The van der Waals surface area contributed by atoms with E-state index in [0.29, 0.717) is 24.6 Å². The quantitative estimate of drug-likeness (QED) is 0.857. The van der Waals surface area contributed by atoms with Crippen molar-refractivity contribution in [3.63, 3.8) is 0 Å². The summed E-state index contributed by atoms with van der Waals surface area (Å²) in [4.78, 5) is 15.7. The molecule has 0 spiro atoms. The molecule has 2 aromatic rings. The molecule has 1 aliphatic rings. The maximum atomic E-state index is 11.3. The lowest BCUT2D eigenvalue weighted by Gasteiger charge is -2.21. The highest BCUT2D eigenvalue weighted by atomic mass is 79.9. The molecule has 1 aromatic heterocycles. The van der Waals surface area contributed by atoms with Crippen molar-refractivity contribution in [1.29, 1.82) is 0 Å². The van der Waals surface area contributed by atoms with Gasteiger partial charge < -0.3 is 9.63 Å². The van der Waals surface area contributed by atoms with Crippen molar-refractivity contribution in [1.82, 2.24) is 10.1 Å². The Labute approximate surface area is 129 Å². The van der Waals surface area contributed by atoms with E-state index in [2.05, 4.69) is 26.1 Å². The summed E-state index contributed by atoms with van der Waals surface area (Å²) in [6.07, 6.45) is 4.95. The van der Waals surface area contributed by atoms with E-state index < -0.39 is 11.9 Å². The standard InChI is InChI=1S/C15H13BrN2O3/c16-12-8-4-3-7-11(12)13-17-14(21-18-13)9-5-1-2-6-10(9)15(19)20/h1-4,7-10H,5-6H2,(H,19,20). The van der Waals surface area contributed by atoms with Crippen LogP contribution in [0.1, 0.15) is 24.7 Å². The van der Waals surface area contributed by atoms with E-state index in [4.69, 9.17) is 4.52 Å². The summed E-state index contributed by atoms with van der Waals surface area (Å²) in [7, 11) is 0. The number of carbonyl (C=O) groups is 1. The average molecular weight is 349 g/mol. The first-order valence-electron chi connectivity index (χ1n) is 6.63. The van der Waals surface area contributed by atoms with Crippen molar-refractivity contribution in [3.8, 4) is 11.4 Å². The molecule has 0 saturated carbocycles. The second-order valence-corrected chi connectivity index (χ2v) is 5.78. The molecule has 6 heteroatoms. The normalized spacial score (nSPS) is 21.4. The highest BCUT2D eigenvalue weighted by Crippen LogP contribution is 2.35. The summed E-state index contributed by atoms with van der Waals surface area (Å²) in [5.41, 5.74) is 0.825. The van der Waals surface area contributed by atoms with Gasteiger partial charge in [0, 0.05) is 10.0 Å². The zero-order chi connectivity index (χ0) is 14.8. The molecule has 1 N–H and O–H groups in total. The maximum absolute atomic E-state index is 11.3. The summed E-state index contributed by atoms with van der Waals surface area (Å²) in [5.74, 6) is -0.752. The summed E-state index contributed by atoms with van der Waals surface area (Å²) >= 11 is 3.45. The van der Waals surface area contributed by atoms with Gasteiger partial charge >= 0.3 is 5.97 Å². The molecule has 0 amide bonds. The first-order valence-corrected chi connectivity index (χ1v) is 7.42. The molecule has 21 heavy (non-hydrogen) atoms. The summed E-state index contributed by atoms with van der Waals surface area (Å²) in [5, 5.41) is 13.3.